The van der Waals surface area contributed by atoms with Crippen LogP contribution in [-0.4, -0.2) is 21.1 Å². The molecule has 1 rings (SSSR count). The minimum Gasteiger partial charge on any atom is -0.493 e. The smallest absolute Gasteiger partial charge is 0.221 e. The molecule has 0 saturated carbocycles. The molecule has 0 amide bonds. The quantitative estimate of drug-likeness (QED) is 0.724. The van der Waals surface area contributed by atoms with Gasteiger partial charge in [-0.05, 0) is 13.3 Å². The lowest BCUT2D eigenvalue weighted by molar-refractivity contribution is 0.450. The first-order valence-corrected chi connectivity index (χ1v) is 4.11. The van der Waals surface area contributed by atoms with Crippen LogP contribution in [0.15, 0.2) is 18.6 Å². The molecule has 0 spiro atoms. The second-order valence-electron chi connectivity index (χ2n) is 2.92. The lowest BCUT2D eigenvalue weighted by atomic mass is 10.2. The van der Waals surface area contributed by atoms with E-state index in [2.05, 4.69) is 9.97 Å². The second kappa shape index (κ2) is 4.57. The number of hydrogen-bond acceptors (Lipinski definition) is 4. The van der Waals surface area contributed by atoms with E-state index in [0.29, 0.717) is 5.56 Å². The van der Waals surface area contributed by atoms with Crippen LogP contribution in [0.2, 0.25) is 0 Å². The number of rotatable bonds is 3. The molecule has 1 aromatic rings. The lowest BCUT2D eigenvalue weighted by Gasteiger charge is -1.98. The molecule has 0 bridgehead atoms. The van der Waals surface area contributed by atoms with Gasteiger partial charge in [-0.3, -0.25) is 0 Å². The minimum atomic E-state index is -0.00377. The Hall–Kier alpha value is -1.42. The Kier molecular flexibility index (Phi) is 3.40. The van der Waals surface area contributed by atoms with Crippen molar-refractivity contribution in [2.24, 2.45) is 5.73 Å². The van der Waals surface area contributed by atoms with Crippen molar-refractivity contribution in [1.29, 1.82) is 0 Å². The topological polar surface area (TPSA) is 72.0 Å². The van der Waals surface area contributed by atoms with Gasteiger partial charge >= 0.3 is 0 Å². The van der Waals surface area contributed by atoms with Gasteiger partial charge in [-0.2, -0.15) is 0 Å². The van der Waals surface area contributed by atoms with E-state index >= 15 is 0 Å². The summed E-state index contributed by atoms with van der Waals surface area (Å²) in [4.78, 5) is 7.43. The molecule has 1 heterocycles. The first-order chi connectivity index (χ1) is 6.20. The maximum absolute atomic E-state index is 9.24. The van der Waals surface area contributed by atoms with Crippen molar-refractivity contribution in [3.05, 3.63) is 24.2 Å². The van der Waals surface area contributed by atoms with Crippen molar-refractivity contribution >= 4 is 6.08 Å². The van der Waals surface area contributed by atoms with Gasteiger partial charge in [0.2, 0.25) is 5.88 Å². The predicted octanol–water partition coefficient (Wildman–Crippen LogP) is 0.933. The van der Waals surface area contributed by atoms with Gasteiger partial charge in [0.25, 0.3) is 0 Å². The summed E-state index contributed by atoms with van der Waals surface area (Å²) in [5.41, 5.74) is 6.16. The fourth-order valence-corrected chi connectivity index (χ4v) is 0.861. The number of hydrogen-bond donors (Lipinski definition) is 2. The van der Waals surface area contributed by atoms with E-state index in [1.165, 1.54) is 6.33 Å². The average molecular weight is 179 g/mol. The summed E-state index contributed by atoms with van der Waals surface area (Å²) in [5, 5.41) is 9.24. The zero-order chi connectivity index (χ0) is 9.68. The first kappa shape index (κ1) is 9.67. The molecule has 0 aliphatic heterocycles. The van der Waals surface area contributed by atoms with E-state index in [1.807, 2.05) is 13.0 Å². The van der Waals surface area contributed by atoms with Gasteiger partial charge in [0.15, 0.2) is 0 Å². The third kappa shape index (κ3) is 3.21. The molecule has 0 aliphatic rings. The molecule has 3 N–H and O–H groups in total. The molecule has 0 saturated heterocycles. The van der Waals surface area contributed by atoms with E-state index < -0.39 is 0 Å². The normalized spacial score (nSPS) is 13.4. The average Bonchev–Trinajstić information content (AvgIpc) is 2.08. The van der Waals surface area contributed by atoms with Gasteiger partial charge in [0.05, 0.1) is 5.56 Å². The zero-order valence-electron chi connectivity index (χ0n) is 7.51. The van der Waals surface area contributed by atoms with Gasteiger partial charge in [0, 0.05) is 12.2 Å². The molecule has 0 fully saturated rings. The number of nitrogens with two attached hydrogens (primary N) is 1. The highest BCUT2D eigenvalue weighted by atomic mass is 16.3. The Morgan fingerprint density at radius 2 is 2.46 bits per heavy atom. The van der Waals surface area contributed by atoms with Crippen LogP contribution in [-0.2, 0) is 0 Å². The third-order valence-corrected chi connectivity index (χ3v) is 1.52. The van der Waals surface area contributed by atoms with Crippen LogP contribution in [0.5, 0.6) is 5.88 Å². The van der Waals surface area contributed by atoms with Crippen molar-refractivity contribution in [2.75, 3.05) is 0 Å². The minimum absolute atomic E-state index is 0.00377. The molecule has 0 aliphatic carbocycles. The largest absolute Gasteiger partial charge is 0.493 e. The van der Waals surface area contributed by atoms with Crippen LogP contribution in [0.4, 0.5) is 0 Å². The van der Waals surface area contributed by atoms with Crippen molar-refractivity contribution < 1.29 is 5.11 Å². The number of aromatic hydroxyl groups is 1. The maximum atomic E-state index is 9.24. The van der Waals surface area contributed by atoms with Crippen molar-refractivity contribution in [1.82, 2.24) is 9.97 Å². The summed E-state index contributed by atoms with van der Waals surface area (Å²) in [6, 6.07) is 0.128. The van der Waals surface area contributed by atoms with Crippen molar-refractivity contribution in [2.45, 2.75) is 19.4 Å². The molecular formula is C9H13N3O. The lowest BCUT2D eigenvalue weighted by Crippen LogP contribution is -2.12. The molecule has 1 atom stereocenters. The second-order valence-corrected chi connectivity index (χ2v) is 2.92. The molecule has 4 nitrogen and oxygen atoms in total. The summed E-state index contributed by atoms with van der Waals surface area (Å²) >= 11 is 0. The fourth-order valence-electron chi connectivity index (χ4n) is 0.861. The number of aromatic nitrogens is 2. The fraction of sp³-hybridized carbons (Fsp3) is 0.333. The summed E-state index contributed by atoms with van der Waals surface area (Å²) in [6.45, 7) is 1.92. The highest BCUT2D eigenvalue weighted by molar-refractivity contribution is 5.52. The molecule has 0 radical (unpaired) electrons. The summed E-state index contributed by atoms with van der Waals surface area (Å²) in [7, 11) is 0. The standard InChI is InChI=1S/C9H13N3O/c1-7(10)3-2-4-8-5-11-6-12-9(8)13/h2,4-7H,3,10H2,1H3,(H,11,12,13). The Bertz CT molecular complexity index is 297. The van der Waals surface area contributed by atoms with Crippen LogP contribution in [0.25, 0.3) is 6.08 Å². The van der Waals surface area contributed by atoms with Crippen LogP contribution in [0.3, 0.4) is 0 Å². The van der Waals surface area contributed by atoms with Crippen LogP contribution < -0.4 is 5.73 Å². The Morgan fingerprint density at radius 1 is 1.69 bits per heavy atom. The van der Waals surface area contributed by atoms with E-state index in [0.717, 1.165) is 6.42 Å². The molecule has 1 aromatic heterocycles. The maximum Gasteiger partial charge on any atom is 0.221 e. The number of nitrogens with zero attached hydrogens (tertiary/aromatic N) is 2. The van der Waals surface area contributed by atoms with E-state index in [1.54, 1.807) is 12.3 Å². The van der Waals surface area contributed by atoms with Gasteiger partial charge in [-0.25, -0.2) is 9.97 Å². The predicted molar refractivity (Wildman–Crippen MR) is 51.0 cm³/mol. The zero-order valence-corrected chi connectivity index (χ0v) is 7.51. The van der Waals surface area contributed by atoms with Gasteiger partial charge in [-0.15, -0.1) is 0 Å². The van der Waals surface area contributed by atoms with Crippen molar-refractivity contribution in [3.8, 4) is 5.88 Å². The van der Waals surface area contributed by atoms with Crippen molar-refractivity contribution in [3.63, 3.8) is 0 Å². The molecule has 13 heavy (non-hydrogen) atoms. The monoisotopic (exact) mass is 179 g/mol. The first-order valence-electron chi connectivity index (χ1n) is 4.11. The van der Waals surface area contributed by atoms with E-state index in [-0.39, 0.29) is 11.9 Å². The molecule has 4 heteroatoms. The Labute approximate surface area is 77.1 Å². The summed E-state index contributed by atoms with van der Waals surface area (Å²) in [5.74, 6) is -0.00377. The Balaban J connectivity index is 2.63. The van der Waals surface area contributed by atoms with Gasteiger partial charge in [-0.1, -0.05) is 12.2 Å². The van der Waals surface area contributed by atoms with Crippen LogP contribution >= 0.6 is 0 Å². The molecule has 0 aromatic carbocycles. The highest BCUT2D eigenvalue weighted by Crippen LogP contribution is 2.12. The Morgan fingerprint density at radius 3 is 3.08 bits per heavy atom. The SMILES string of the molecule is CC(N)CC=Cc1cncnc1O. The molecular weight excluding hydrogens is 166 g/mol. The van der Waals surface area contributed by atoms with Crippen LogP contribution in [0.1, 0.15) is 18.9 Å². The van der Waals surface area contributed by atoms with Crippen LogP contribution in [0, 0.1) is 0 Å². The molecule has 70 valence electrons. The van der Waals surface area contributed by atoms with E-state index in [4.69, 9.17) is 5.73 Å². The summed E-state index contributed by atoms with van der Waals surface area (Å²) < 4.78 is 0. The highest BCUT2D eigenvalue weighted by Gasteiger charge is 1.96. The van der Waals surface area contributed by atoms with Gasteiger partial charge in [0.1, 0.15) is 6.33 Å². The molecule has 1 unspecified atom stereocenters. The van der Waals surface area contributed by atoms with E-state index in [9.17, 15) is 5.11 Å². The summed E-state index contributed by atoms with van der Waals surface area (Å²) in [6.07, 6.45) is 7.29. The third-order valence-electron chi connectivity index (χ3n) is 1.52. The van der Waals surface area contributed by atoms with Gasteiger partial charge < -0.3 is 10.8 Å².